The fraction of sp³-hybridized carbons (Fsp3) is 0.618. The number of para-hydroxylation sites is 1. The fourth-order valence-electron chi connectivity index (χ4n) is 5.57. The molecule has 1 aromatic heterocycles. The molecule has 3 rings (SSSR count). The first-order valence-electron chi connectivity index (χ1n) is 16.9. The molecule has 6 N–H and O–H groups in total. The molecule has 1 aliphatic heterocycles. The number of nitrogens with two attached hydrogens (primary N) is 1. The Kier molecular flexibility index (Phi) is 16.6. The van der Waals surface area contributed by atoms with Crippen molar-refractivity contribution >= 4 is 20.0 Å². The van der Waals surface area contributed by atoms with Crippen LogP contribution < -0.4 is 10.3 Å². The molecule has 0 bridgehead atoms. The average Bonchev–Trinajstić information content (AvgIpc) is 3.66. The van der Waals surface area contributed by atoms with Crippen LogP contribution in [0.25, 0.3) is 0 Å². The maximum Gasteiger partial charge on any atom is 0.530 e. The number of nitrogens with zero attached hydrogens (tertiary/aromatic N) is 2. The number of hydrogen-bond acceptors (Lipinski definition) is 9. The molecular formula is C34H52N5O7P. The van der Waals surface area contributed by atoms with Crippen LogP contribution in [-0.2, 0) is 24.0 Å². The maximum atomic E-state index is 13.7. The maximum absolute atomic E-state index is 13.7. The number of ether oxygens (including phenoxy) is 1. The number of phosphoric ester groups is 1. The Morgan fingerprint density at radius 3 is 2.17 bits per heavy atom. The molecule has 12 nitrogen and oxygen atoms in total. The Morgan fingerprint density at radius 2 is 1.60 bits per heavy atom. The summed E-state index contributed by atoms with van der Waals surface area (Å²) in [6, 6.07) is 13.4. The second-order valence-corrected chi connectivity index (χ2v) is 13.5. The van der Waals surface area contributed by atoms with E-state index in [9.17, 15) is 20.0 Å². The number of H-pyrrole nitrogens is 1. The van der Waals surface area contributed by atoms with E-state index in [4.69, 9.17) is 29.5 Å². The van der Waals surface area contributed by atoms with Gasteiger partial charge in [0, 0.05) is 0 Å². The highest BCUT2D eigenvalue weighted by molar-refractivity contribution is 7.48. The first-order chi connectivity index (χ1) is 22.8. The van der Waals surface area contributed by atoms with Gasteiger partial charge < -0.3 is 30.2 Å². The predicted molar refractivity (Wildman–Crippen MR) is 181 cm³/mol. The van der Waals surface area contributed by atoms with E-state index in [0.29, 0.717) is 12.1 Å². The summed E-state index contributed by atoms with van der Waals surface area (Å²) < 4.78 is 36.5. The summed E-state index contributed by atoms with van der Waals surface area (Å²) >= 11 is 0. The number of rotatable bonds is 24. The predicted octanol–water partition coefficient (Wildman–Crippen LogP) is 6.87. The number of phosphoric acid groups is 1. The minimum Gasteiger partial charge on any atom is -0.404 e. The molecule has 13 heteroatoms. The molecule has 1 saturated heterocycles. The molecule has 47 heavy (non-hydrogen) atoms. The van der Waals surface area contributed by atoms with Crippen LogP contribution in [0, 0.1) is 16.7 Å². The van der Waals surface area contributed by atoms with Gasteiger partial charge in [-0.3, -0.25) is 14.5 Å². The number of hydrogen-bond donors (Lipinski definition) is 5. The van der Waals surface area contributed by atoms with Gasteiger partial charge in [-0.15, -0.1) is 0 Å². The van der Waals surface area contributed by atoms with E-state index in [0.717, 1.165) is 25.6 Å². The molecule has 5 unspecified atom stereocenters. The molecule has 1 fully saturated rings. The van der Waals surface area contributed by atoms with Crippen molar-refractivity contribution in [3.63, 3.8) is 0 Å². The number of aliphatic hydroxyl groups is 2. The van der Waals surface area contributed by atoms with Gasteiger partial charge in [0.25, 0.3) is 0 Å². The van der Waals surface area contributed by atoms with Gasteiger partial charge in [0.15, 0.2) is 0 Å². The topological polar surface area (TPSA) is 196 Å². The third-order valence-corrected chi connectivity index (χ3v) is 9.69. The van der Waals surface area contributed by atoms with Crippen LogP contribution in [0.15, 0.2) is 47.5 Å². The van der Waals surface area contributed by atoms with Crippen molar-refractivity contribution in [1.29, 1.82) is 10.7 Å². The lowest BCUT2D eigenvalue weighted by molar-refractivity contribution is -0.0629. The molecule has 0 spiro atoms. The summed E-state index contributed by atoms with van der Waals surface area (Å²) in [6.07, 6.45) is 13.2. The van der Waals surface area contributed by atoms with Crippen LogP contribution in [0.2, 0.25) is 0 Å². The van der Waals surface area contributed by atoms with E-state index < -0.39 is 38.3 Å². The lowest BCUT2D eigenvalue weighted by atomic mass is 9.93. The summed E-state index contributed by atoms with van der Waals surface area (Å²) in [5.41, 5.74) is 4.22. The van der Waals surface area contributed by atoms with Gasteiger partial charge in [-0.05, 0) is 30.7 Å². The molecule has 0 amide bonds. The highest BCUT2D eigenvalue weighted by atomic mass is 31.2. The van der Waals surface area contributed by atoms with Crippen LogP contribution >= 0.6 is 7.82 Å². The van der Waals surface area contributed by atoms with E-state index in [1.165, 1.54) is 76.3 Å². The van der Waals surface area contributed by atoms with Gasteiger partial charge in [-0.2, -0.15) is 5.26 Å². The monoisotopic (exact) mass is 673 g/mol. The summed E-state index contributed by atoms with van der Waals surface area (Å²) in [6.45, 7) is 1.90. The first-order valence-corrected chi connectivity index (χ1v) is 18.4. The number of aliphatic imine (C=N–C) groups is 1. The van der Waals surface area contributed by atoms with E-state index in [2.05, 4.69) is 16.9 Å². The Balaban J connectivity index is 1.48. The van der Waals surface area contributed by atoms with Crippen LogP contribution in [0.5, 0.6) is 5.75 Å². The Bertz CT molecular complexity index is 1320. The van der Waals surface area contributed by atoms with Gasteiger partial charge in [-0.25, -0.2) is 9.56 Å². The number of aromatic amines is 1. The Hall–Kier alpha value is -3.04. The van der Waals surface area contributed by atoms with Crippen molar-refractivity contribution in [2.24, 2.45) is 10.7 Å². The summed E-state index contributed by atoms with van der Waals surface area (Å²) in [5, 5.41) is 38.9. The molecular weight excluding hydrogens is 621 g/mol. The van der Waals surface area contributed by atoms with Crippen molar-refractivity contribution in [3.05, 3.63) is 53.9 Å². The number of benzene rings is 1. The second-order valence-electron chi connectivity index (χ2n) is 11.9. The lowest BCUT2D eigenvalue weighted by Gasteiger charge is -2.24. The van der Waals surface area contributed by atoms with Gasteiger partial charge in [0.05, 0.1) is 24.6 Å². The molecule has 0 saturated carbocycles. The number of aliphatic hydroxyl groups excluding tert-OH is 2. The smallest absolute Gasteiger partial charge is 0.404 e. The Labute approximate surface area is 278 Å². The Morgan fingerprint density at radius 1 is 1.00 bits per heavy atom. The van der Waals surface area contributed by atoms with Crippen molar-refractivity contribution in [2.75, 3.05) is 13.2 Å². The molecule has 0 aliphatic carbocycles. The van der Waals surface area contributed by atoms with Gasteiger partial charge in [0.1, 0.15) is 42.3 Å². The van der Waals surface area contributed by atoms with Gasteiger partial charge >= 0.3 is 7.82 Å². The summed E-state index contributed by atoms with van der Waals surface area (Å²) in [5.74, 6) is 0.265. The zero-order chi connectivity index (χ0) is 34.0. The third-order valence-electron chi connectivity index (χ3n) is 8.29. The quantitative estimate of drug-likeness (QED) is 0.0342. The van der Waals surface area contributed by atoms with Crippen LogP contribution in [0.3, 0.4) is 0 Å². The lowest BCUT2D eigenvalue weighted by Crippen LogP contribution is -2.40. The summed E-state index contributed by atoms with van der Waals surface area (Å²) in [4.78, 5) is 6.54. The van der Waals surface area contributed by atoms with Crippen LogP contribution in [-0.4, -0.2) is 58.9 Å². The molecule has 2 heterocycles. The zero-order valence-electron chi connectivity index (χ0n) is 27.5. The molecule has 2 aromatic rings. The summed E-state index contributed by atoms with van der Waals surface area (Å²) in [7, 11) is -4.18. The number of unbranched alkanes of at least 4 members (excludes halogenated alkanes) is 13. The van der Waals surface area contributed by atoms with Crippen molar-refractivity contribution < 1.29 is 33.1 Å². The molecule has 1 aromatic carbocycles. The third kappa shape index (κ3) is 11.9. The second kappa shape index (κ2) is 20.4. The SMILES string of the molecule is CCCCCCCCCCCCCCCCOP(=O)(OCC1OC(C#N)(c2ccc(C(N)=NC=N)[nH]2)C(O)C1O)Oc1ccccc1. The largest absolute Gasteiger partial charge is 0.530 e. The molecule has 0 radical (unpaired) electrons. The van der Waals surface area contributed by atoms with E-state index in [-0.39, 0.29) is 23.9 Å². The molecule has 1 aliphatic rings. The molecule has 260 valence electrons. The van der Waals surface area contributed by atoms with Gasteiger partial charge in [0.2, 0.25) is 5.60 Å². The number of nitriles is 1. The minimum atomic E-state index is -4.18. The van der Waals surface area contributed by atoms with Crippen LogP contribution in [0.4, 0.5) is 0 Å². The fourth-order valence-corrected chi connectivity index (χ4v) is 6.81. The van der Waals surface area contributed by atoms with E-state index in [1.807, 2.05) is 6.07 Å². The van der Waals surface area contributed by atoms with Crippen molar-refractivity contribution in [1.82, 2.24) is 4.98 Å². The zero-order valence-corrected chi connectivity index (χ0v) is 28.4. The van der Waals surface area contributed by atoms with E-state index >= 15 is 0 Å². The number of aromatic nitrogens is 1. The molecule has 5 atom stereocenters. The highest BCUT2D eigenvalue weighted by Crippen LogP contribution is 2.51. The number of amidine groups is 1. The first kappa shape index (κ1) is 38.4. The minimum absolute atomic E-state index is 0.0118. The van der Waals surface area contributed by atoms with Gasteiger partial charge in [-0.1, -0.05) is 109 Å². The highest BCUT2D eigenvalue weighted by Gasteiger charge is 2.57. The number of nitrogens with one attached hydrogen (secondary N) is 2. The average molecular weight is 674 g/mol. The standard InChI is InChI=1S/C34H52N5O7P/c1-2-3-4-5-6-7-8-9-10-11-12-13-14-18-23-43-47(42,46-27-19-16-15-17-20-27)44-24-29-31(40)32(41)34(25-35,45-29)30-22-21-28(39-30)33(37)38-26-36/h15-17,19-22,26,29,31-32,39-41H,2-14,18,23-24H2,1H3,(H3,36,37,38). The van der Waals surface area contributed by atoms with Crippen molar-refractivity contribution in [2.45, 2.75) is 121 Å². The normalized spacial score (nSPS) is 22.5. The van der Waals surface area contributed by atoms with Crippen molar-refractivity contribution in [3.8, 4) is 11.8 Å². The van der Waals surface area contributed by atoms with E-state index in [1.54, 1.807) is 30.3 Å². The van der Waals surface area contributed by atoms with Crippen LogP contribution in [0.1, 0.15) is 108 Å².